The highest BCUT2D eigenvalue weighted by atomic mass is 16.6. The van der Waals surface area contributed by atoms with E-state index >= 15 is 0 Å². The second-order valence-corrected chi connectivity index (χ2v) is 7.08. The Morgan fingerprint density at radius 1 is 0.923 bits per heavy atom. The molecule has 0 saturated heterocycles. The zero-order chi connectivity index (χ0) is 17.6. The molecule has 0 spiro atoms. The molecule has 0 bridgehead atoms. The van der Waals surface area contributed by atoms with E-state index in [4.69, 9.17) is 14.2 Å². The SMILES string of the molecule is c1cc(CNCCc2ccc3c(c2)OCCO3)cc(OC2CCCC2)c1. The first-order chi connectivity index (χ1) is 12.9. The lowest BCUT2D eigenvalue weighted by molar-refractivity contribution is 0.171. The maximum Gasteiger partial charge on any atom is 0.161 e. The van der Waals surface area contributed by atoms with Crippen molar-refractivity contribution in [3.05, 3.63) is 53.6 Å². The van der Waals surface area contributed by atoms with Crippen LogP contribution in [0.15, 0.2) is 42.5 Å². The van der Waals surface area contributed by atoms with Gasteiger partial charge in [0.25, 0.3) is 0 Å². The summed E-state index contributed by atoms with van der Waals surface area (Å²) in [5.41, 5.74) is 2.53. The minimum atomic E-state index is 0.411. The fourth-order valence-electron chi connectivity index (χ4n) is 3.64. The van der Waals surface area contributed by atoms with Crippen molar-refractivity contribution in [1.29, 1.82) is 0 Å². The van der Waals surface area contributed by atoms with E-state index in [2.05, 4.69) is 41.7 Å². The molecule has 2 aliphatic rings. The highest BCUT2D eigenvalue weighted by Crippen LogP contribution is 2.30. The summed E-state index contributed by atoms with van der Waals surface area (Å²) in [6.07, 6.45) is 6.36. The molecular weight excluding hydrogens is 326 g/mol. The third-order valence-electron chi connectivity index (χ3n) is 5.03. The van der Waals surface area contributed by atoms with Crippen molar-refractivity contribution >= 4 is 0 Å². The van der Waals surface area contributed by atoms with Crippen LogP contribution in [0.3, 0.4) is 0 Å². The maximum absolute atomic E-state index is 6.09. The maximum atomic E-state index is 6.09. The van der Waals surface area contributed by atoms with E-state index in [1.807, 2.05) is 6.07 Å². The van der Waals surface area contributed by atoms with Crippen LogP contribution >= 0.6 is 0 Å². The van der Waals surface area contributed by atoms with Crippen molar-refractivity contribution in [1.82, 2.24) is 5.32 Å². The molecule has 0 amide bonds. The number of rotatable bonds is 7. The summed E-state index contributed by atoms with van der Waals surface area (Å²) in [7, 11) is 0. The van der Waals surface area contributed by atoms with Gasteiger partial charge in [-0.1, -0.05) is 18.2 Å². The molecule has 4 rings (SSSR count). The van der Waals surface area contributed by atoms with Crippen molar-refractivity contribution in [2.75, 3.05) is 19.8 Å². The Labute approximate surface area is 155 Å². The standard InChI is InChI=1S/C22H27NO3/c1-2-6-19(5-1)26-20-7-3-4-18(14-20)16-23-11-10-17-8-9-21-22(15-17)25-13-12-24-21/h3-4,7-9,14-15,19,23H,1-2,5-6,10-13,16H2. The zero-order valence-corrected chi connectivity index (χ0v) is 15.2. The summed E-state index contributed by atoms with van der Waals surface area (Å²) in [4.78, 5) is 0. The summed E-state index contributed by atoms with van der Waals surface area (Å²) in [6, 6.07) is 14.7. The largest absolute Gasteiger partial charge is 0.490 e. The van der Waals surface area contributed by atoms with Crippen LogP contribution in [0, 0.1) is 0 Å². The van der Waals surface area contributed by atoms with Gasteiger partial charge in [-0.15, -0.1) is 0 Å². The minimum Gasteiger partial charge on any atom is -0.490 e. The molecule has 1 N–H and O–H groups in total. The topological polar surface area (TPSA) is 39.7 Å². The number of nitrogens with one attached hydrogen (secondary N) is 1. The van der Waals surface area contributed by atoms with Crippen LogP contribution in [0.5, 0.6) is 17.2 Å². The van der Waals surface area contributed by atoms with E-state index in [1.165, 1.54) is 36.8 Å². The summed E-state index contributed by atoms with van der Waals surface area (Å²) in [5, 5.41) is 3.52. The molecule has 0 atom stereocenters. The predicted octanol–water partition coefficient (Wildman–Crippen LogP) is 4.11. The van der Waals surface area contributed by atoms with Gasteiger partial charge in [0.2, 0.25) is 0 Å². The highest BCUT2D eigenvalue weighted by Gasteiger charge is 2.16. The third kappa shape index (κ3) is 4.50. The normalized spacial score (nSPS) is 16.6. The van der Waals surface area contributed by atoms with Gasteiger partial charge in [0, 0.05) is 6.54 Å². The quantitative estimate of drug-likeness (QED) is 0.761. The fraction of sp³-hybridized carbons (Fsp3) is 0.455. The minimum absolute atomic E-state index is 0.411. The van der Waals surface area contributed by atoms with Gasteiger partial charge < -0.3 is 19.5 Å². The molecule has 1 saturated carbocycles. The van der Waals surface area contributed by atoms with Crippen molar-refractivity contribution in [2.45, 2.75) is 44.8 Å². The first kappa shape index (κ1) is 17.2. The second-order valence-electron chi connectivity index (χ2n) is 7.08. The highest BCUT2D eigenvalue weighted by molar-refractivity contribution is 5.43. The van der Waals surface area contributed by atoms with Crippen LogP contribution < -0.4 is 19.5 Å². The van der Waals surface area contributed by atoms with Gasteiger partial charge in [-0.25, -0.2) is 0 Å². The molecule has 0 aromatic heterocycles. The van der Waals surface area contributed by atoms with E-state index in [0.29, 0.717) is 19.3 Å². The van der Waals surface area contributed by atoms with E-state index in [0.717, 1.165) is 36.8 Å². The summed E-state index contributed by atoms with van der Waals surface area (Å²) >= 11 is 0. The van der Waals surface area contributed by atoms with Crippen LogP contribution in [0.1, 0.15) is 36.8 Å². The molecule has 2 aromatic rings. The van der Waals surface area contributed by atoms with E-state index < -0.39 is 0 Å². The van der Waals surface area contributed by atoms with Gasteiger partial charge in [-0.3, -0.25) is 0 Å². The molecule has 1 fully saturated rings. The Kier molecular flexibility index (Phi) is 5.60. The molecule has 4 heteroatoms. The number of fused-ring (bicyclic) bond motifs is 1. The lowest BCUT2D eigenvalue weighted by atomic mass is 10.1. The molecule has 26 heavy (non-hydrogen) atoms. The molecule has 1 aliphatic carbocycles. The van der Waals surface area contributed by atoms with Gasteiger partial charge >= 0.3 is 0 Å². The van der Waals surface area contributed by atoms with Crippen molar-refractivity contribution in [3.63, 3.8) is 0 Å². The molecular formula is C22H27NO3. The average molecular weight is 353 g/mol. The van der Waals surface area contributed by atoms with Gasteiger partial charge in [-0.2, -0.15) is 0 Å². The Morgan fingerprint density at radius 2 is 1.77 bits per heavy atom. The smallest absolute Gasteiger partial charge is 0.161 e. The summed E-state index contributed by atoms with van der Waals surface area (Å²) in [6.45, 7) is 3.05. The van der Waals surface area contributed by atoms with Crippen LogP contribution in [0.4, 0.5) is 0 Å². The van der Waals surface area contributed by atoms with Crippen LogP contribution in [-0.4, -0.2) is 25.9 Å². The monoisotopic (exact) mass is 353 g/mol. The van der Waals surface area contributed by atoms with Crippen LogP contribution in [0.2, 0.25) is 0 Å². The number of ether oxygens (including phenoxy) is 3. The van der Waals surface area contributed by atoms with Crippen molar-refractivity contribution < 1.29 is 14.2 Å². The fourth-order valence-corrected chi connectivity index (χ4v) is 3.64. The Hall–Kier alpha value is -2.20. The van der Waals surface area contributed by atoms with E-state index in [1.54, 1.807) is 0 Å². The van der Waals surface area contributed by atoms with Crippen molar-refractivity contribution in [3.8, 4) is 17.2 Å². The van der Waals surface area contributed by atoms with Gasteiger partial charge in [-0.05, 0) is 74.0 Å². The second kappa shape index (κ2) is 8.45. The summed E-state index contributed by atoms with van der Waals surface area (Å²) in [5.74, 6) is 2.72. The third-order valence-corrected chi connectivity index (χ3v) is 5.03. The van der Waals surface area contributed by atoms with E-state index in [-0.39, 0.29) is 0 Å². The molecule has 0 unspecified atom stereocenters. The molecule has 2 aromatic carbocycles. The van der Waals surface area contributed by atoms with Gasteiger partial charge in [0.1, 0.15) is 19.0 Å². The Balaban J connectivity index is 1.24. The first-order valence-corrected chi connectivity index (χ1v) is 9.72. The zero-order valence-electron chi connectivity index (χ0n) is 15.2. The molecule has 138 valence electrons. The van der Waals surface area contributed by atoms with Gasteiger partial charge in [0.05, 0.1) is 6.10 Å². The Morgan fingerprint density at radius 3 is 2.65 bits per heavy atom. The lowest BCUT2D eigenvalue weighted by Crippen LogP contribution is -2.18. The molecule has 1 heterocycles. The number of hydrogen-bond acceptors (Lipinski definition) is 4. The number of hydrogen-bond donors (Lipinski definition) is 1. The first-order valence-electron chi connectivity index (χ1n) is 9.72. The molecule has 4 nitrogen and oxygen atoms in total. The van der Waals surface area contributed by atoms with Crippen molar-refractivity contribution in [2.24, 2.45) is 0 Å². The predicted molar refractivity (Wildman–Crippen MR) is 102 cm³/mol. The van der Waals surface area contributed by atoms with E-state index in [9.17, 15) is 0 Å². The van der Waals surface area contributed by atoms with Crippen LogP contribution in [-0.2, 0) is 13.0 Å². The van der Waals surface area contributed by atoms with Crippen LogP contribution in [0.25, 0.3) is 0 Å². The molecule has 1 aliphatic heterocycles. The lowest BCUT2D eigenvalue weighted by Gasteiger charge is -2.19. The number of benzene rings is 2. The molecule has 0 radical (unpaired) electrons. The summed E-state index contributed by atoms with van der Waals surface area (Å²) < 4.78 is 17.3. The average Bonchev–Trinajstić information content (AvgIpc) is 3.18. The van der Waals surface area contributed by atoms with Gasteiger partial charge in [0.15, 0.2) is 11.5 Å². The Bertz CT molecular complexity index is 725.